The van der Waals surface area contributed by atoms with Gasteiger partial charge in [0.05, 0.1) is 35.1 Å². The summed E-state index contributed by atoms with van der Waals surface area (Å²) in [6, 6.07) is 5.00. The van der Waals surface area contributed by atoms with Gasteiger partial charge in [-0.05, 0) is 25.1 Å². The second-order valence-corrected chi connectivity index (χ2v) is 6.55. The number of hydrogen-bond acceptors (Lipinski definition) is 4. The Hall–Kier alpha value is -1.92. The Labute approximate surface area is 142 Å². The molecule has 120 valence electrons. The van der Waals surface area contributed by atoms with Crippen molar-refractivity contribution >= 4 is 22.9 Å². The average molecular weight is 352 g/mol. The summed E-state index contributed by atoms with van der Waals surface area (Å²) in [4.78, 5) is 4.59. The molecule has 3 aromatic rings. The monoisotopic (exact) mass is 351 g/mol. The summed E-state index contributed by atoms with van der Waals surface area (Å²) in [6.45, 7) is 2.05. The lowest BCUT2D eigenvalue weighted by atomic mass is 10.1. The summed E-state index contributed by atoms with van der Waals surface area (Å²) in [6.07, 6.45) is 4.15. The molecule has 0 saturated heterocycles. The number of benzene rings is 1. The van der Waals surface area contributed by atoms with E-state index in [1.165, 1.54) is 13.2 Å². The number of thiazole rings is 1. The molecule has 0 bridgehead atoms. The van der Waals surface area contributed by atoms with E-state index < -0.39 is 0 Å². The zero-order valence-electron chi connectivity index (χ0n) is 12.7. The van der Waals surface area contributed by atoms with E-state index in [1.54, 1.807) is 35.9 Å². The molecule has 4 nitrogen and oxygen atoms in total. The van der Waals surface area contributed by atoms with Gasteiger partial charge in [-0.2, -0.15) is 5.10 Å². The molecule has 0 aliphatic rings. The minimum Gasteiger partial charge on any atom is -0.494 e. The molecule has 2 heterocycles. The average Bonchev–Trinajstić information content (AvgIpc) is 3.16. The topological polar surface area (TPSA) is 39.9 Å². The molecule has 1 atom stereocenters. The van der Waals surface area contributed by atoms with Crippen LogP contribution in [0.5, 0.6) is 5.75 Å². The molecule has 3 rings (SSSR count). The van der Waals surface area contributed by atoms with Crippen molar-refractivity contribution in [2.45, 2.75) is 19.4 Å². The summed E-state index contributed by atoms with van der Waals surface area (Å²) in [5.41, 5.74) is 1.50. The molecule has 0 amide bonds. The molecule has 7 heteroatoms. The highest BCUT2D eigenvalue weighted by Crippen LogP contribution is 2.28. The molecule has 0 saturated carbocycles. The van der Waals surface area contributed by atoms with Crippen molar-refractivity contribution in [3.05, 3.63) is 51.8 Å². The second kappa shape index (κ2) is 6.68. The first-order valence-electron chi connectivity index (χ1n) is 7.05. The standard InChI is InChI=1S/C16H15ClFN3OS/c1-10(21-8-12(17)7-19-21)5-16-20-14(9-23-16)11-3-4-15(22-2)13(18)6-11/h3-4,6-10H,5H2,1-2H3/t10-/m0/s1. The van der Waals surface area contributed by atoms with Crippen LogP contribution in [0.1, 0.15) is 18.0 Å². The summed E-state index contributed by atoms with van der Waals surface area (Å²) in [7, 11) is 1.45. The van der Waals surface area contributed by atoms with Crippen LogP contribution >= 0.6 is 22.9 Å². The third kappa shape index (κ3) is 3.54. The molecule has 0 aliphatic carbocycles. The van der Waals surface area contributed by atoms with E-state index >= 15 is 0 Å². The molecule has 0 fully saturated rings. The molecule has 23 heavy (non-hydrogen) atoms. The van der Waals surface area contributed by atoms with E-state index in [1.807, 2.05) is 10.1 Å². The Kier molecular flexibility index (Phi) is 4.63. The number of halogens is 2. The summed E-state index contributed by atoms with van der Waals surface area (Å²) in [5, 5.41) is 7.72. The highest BCUT2D eigenvalue weighted by molar-refractivity contribution is 7.09. The Morgan fingerprint density at radius 3 is 2.91 bits per heavy atom. The Bertz CT molecular complexity index is 817. The van der Waals surface area contributed by atoms with Gasteiger partial charge in [-0.3, -0.25) is 4.68 Å². The smallest absolute Gasteiger partial charge is 0.165 e. The predicted octanol–water partition coefficient (Wildman–Crippen LogP) is 4.61. The van der Waals surface area contributed by atoms with Gasteiger partial charge in [0, 0.05) is 23.6 Å². The van der Waals surface area contributed by atoms with Gasteiger partial charge in [-0.15, -0.1) is 11.3 Å². The van der Waals surface area contributed by atoms with Crippen LogP contribution in [0.25, 0.3) is 11.3 Å². The quantitative estimate of drug-likeness (QED) is 0.673. The SMILES string of the molecule is COc1ccc(-c2csc(C[C@H](C)n3cc(Cl)cn3)n2)cc1F. The molecule has 2 aromatic heterocycles. The highest BCUT2D eigenvalue weighted by Gasteiger charge is 2.12. The van der Waals surface area contributed by atoms with E-state index in [2.05, 4.69) is 17.0 Å². The van der Waals surface area contributed by atoms with Crippen LogP contribution in [0.3, 0.4) is 0 Å². The van der Waals surface area contributed by atoms with Gasteiger partial charge in [0.2, 0.25) is 0 Å². The Morgan fingerprint density at radius 1 is 1.43 bits per heavy atom. The van der Waals surface area contributed by atoms with Crippen LogP contribution in [0.2, 0.25) is 5.02 Å². The maximum absolute atomic E-state index is 13.8. The highest BCUT2D eigenvalue weighted by atomic mass is 35.5. The van der Waals surface area contributed by atoms with Crippen LogP contribution in [0, 0.1) is 5.82 Å². The fourth-order valence-electron chi connectivity index (χ4n) is 2.27. The van der Waals surface area contributed by atoms with Gasteiger partial charge < -0.3 is 4.74 Å². The minimum absolute atomic E-state index is 0.147. The number of rotatable bonds is 5. The zero-order chi connectivity index (χ0) is 16.4. The van der Waals surface area contributed by atoms with Crippen molar-refractivity contribution in [1.82, 2.24) is 14.8 Å². The molecule has 0 radical (unpaired) electrons. The number of aromatic nitrogens is 3. The third-order valence-corrected chi connectivity index (χ3v) is 4.56. The van der Waals surface area contributed by atoms with Crippen LogP contribution in [0.4, 0.5) is 4.39 Å². The lowest BCUT2D eigenvalue weighted by Gasteiger charge is -2.09. The number of hydrogen-bond donors (Lipinski definition) is 0. The van der Waals surface area contributed by atoms with Gasteiger partial charge in [0.15, 0.2) is 11.6 Å². The second-order valence-electron chi connectivity index (χ2n) is 5.17. The molecule has 0 spiro atoms. The van der Waals surface area contributed by atoms with Crippen LogP contribution in [-0.4, -0.2) is 21.9 Å². The van der Waals surface area contributed by atoms with Crippen LogP contribution < -0.4 is 4.74 Å². The Balaban J connectivity index is 1.76. The normalized spacial score (nSPS) is 12.3. The zero-order valence-corrected chi connectivity index (χ0v) is 14.2. The molecule has 0 N–H and O–H groups in total. The van der Waals surface area contributed by atoms with Gasteiger partial charge >= 0.3 is 0 Å². The summed E-state index contributed by atoms with van der Waals surface area (Å²) in [5.74, 6) is -0.160. The van der Waals surface area contributed by atoms with E-state index in [0.29, 0.717) is 5.02 Å². The van der Waals surface area contributed by atoms with E-state index in [4.69, 9.17) is 16.3 Å². The summed E-state index contributed by atoms with van der Waals surface area (Å²) >= 11 is 7.44. The summed E-state index contributed by atoms with van der Waals surface area (Å²) < 4.78 is 20.6. The molecule has 0 aliphatic heterocycles. The van der Waals surface area contributed by atoms with Crippen molar-refractivity contribution in [3.8, 4) is 17.0 Å². The molecular formula is C16H15ClFN3OS. The third-order valence-electron chi connectivity index (χ3n) is 3.49. The van der Waals surface area contributed by atoms with Crippen LogP contribution in [-0.2, 0) is 6.42 Å². The minimum atomic E-state index is -0.390. The fraction of sp³-hybridized carbons (Fsp3) is 0.250. The molecular weight excluding hydrogens is 337 g/mol. The van der Waals surface area contributed by atoms with Crippen molar-refractivity contribution in [2.24, 2.45) is 0 Å². The lowest BCUT2D eigenvalue weighted by molar-refractivity contribution is 0.386. The van der Waals surface area contributed by atoms with Gasteiger partial charge in [0.25, 0.3) is 0 Å². The van der Waals surface area contributed by atoms with E-state index in [-0.39, 0.29) is 17.6 Å². The Morgan fingerprint density at radius 2 is 2.26 bits per heavy atom. The van der Waals surface area contributed by atoms with Crippen LogP contribution in [0.15, 0.2) is 36.0 Å². The predicted molar refractivity (Wildman–Crippen MR) is 89.7 cm³/mol. The molecule has 0 unspecified atom stereocenters. The fourth-order valence-corrected chi connectivity index (χ4v) is 3.33. The van der Waals surface area contributed by atoms with Crippen molar-refractivity contribution < 1.29 is 9.13 Å². The first-order chi connectivity index (χ1) is 11.1. The van der Waals surface area contributed by atoms with Gasteiger partial charge in [-0.25, -0.2) is 9.37 Å². The van der Waals surface area contributed by atoms with Gasteiger partial charge in [0.1, 0.15) is 0 Å². The van der Waals surface area contributed by atoms with Crippen molar-refractivity contribution in [2.75, 3.05) is 7.11 Å². The van der Waals surface area contributed by atoms with E-state index in [0.717, 1.165) is 22.7 Å². The number of methoxy groups -OCH3 is 1. The van der Waals surface area contributed by atoms with Crippen molar-refractivity contribution in [1.29, 1.82) is 0 Å². The number of ether oxygens (including phenoxy) is 1. The largest absolute Gasteiger partial charge is 0.494 e. The maximum atomic E-state index is 13.8. The van der Waals surface area contributed by atoms with Crippen molar-refractivity contribution in [3.63, 3.8) is 0 Å². The van der Waals surface area contributed by atoms with E-state index in [9.17, 15) is 4.39 Å². The molecule has 1 aromatic carbocycles. The van der Waals surface area contributed by atoms with Gasteiger partial charge in [-0.1, -0.05) is 11.6 Å². The number of nitrogens with zero attached hydrogens (tertiary/aromatic N) is 3. The maximum Gasteiger partial charge on any atom is 0.165 e. The first-order valence-corrected chi connectivity index (χ1v) is 8.30. The first kappa shape index (κ1) is 16.0. The lowest BCUT2D eigenvalue weighted by Crippen LogP contribution is -2.08.